The van der Waals surface area contributed by atoms with Gasteiger partial charge in [0.2, 0.25) is 0 Å². The van der Waals surface area contributed by atoms with E-state index in [4.69, 9.17) is 9.47 Å². The molecule has 0 spiro atoms. The first-order valence-corrected chi connectivity index (χ1v) is 12.9. The van der Waals surface area contributed by atoms with Gasteiger partial charge >= 0.3 is 0 Å². The maximum Gasteiger partial charge on any atom is 0.134 e. The number of hydrogen-bond donors (Lipinski definition) is 1. The highest BCUT2D eigenvalue weighted by Gasteiger charge is 2.23. The average molecular weight is 538 g/mol. The molecule has 1 aliphatic carbocycles. The molecule has 1 saturated heterocycles. The van der Waals surface area contributed by atoms with Gasteiger partial charge in [-0.15, -0.1) is 12.4 Å². The maximum atomic E-state index is 15.3. The third kappa shape index (κ3) is 5.08. The number of phenolic OH excluding ortho intramolecular Hbond substituents is 1. The fourth-order valence-electron chi connectivity index (χ4n) is 5.55. The topological polar surface area (TPSA) is 41.9 Å². The van der Waals surface area contributed by atoms with Crippen LogP contribution >= 0.6 is 12.4 Å². The number of hydrogen-bond acceptors (Lipinski definition) is 4. The molecule has 3 aromatic rings. The van der Waals surface area contributed by atoms with Crippen LogP contribution in [-0.2, 0) is 11.3 Å². The van der Waals surface area contributed by atoms with Gasteiger partial charge in [-0.1, -0.05) is 42.8 Å². The van der Waals surface area contributed by atoms with Gasteiger partial charge in [0.15, 0.2) is 0 Å². The van der Waals surface area contributed by atoms with Crippen LogP contribution < -0.4 is 15.2 Å². The zero-order valence-corrected chi connectivity index (χ0v) is 21.8. The minimum Gasteiger partial charge on any atom is -0.507 e. The zero-order chi connectivity index (χ0) is 25.4. The number of halogens is 3. The molecule has 38 heavy (non-hydrogen) atoms. The van der Waals surface area contributed by atoms with Crippen molar-refractivity contribution >= 4 is 30.1 Å². The molecule has 3 aliphatic rings. The summed E-state index contributed by atoms with van der Waals surface area (Å²) in [6, 6.07) is 16.1. The molecule has 0 saturated carbocycles. The van der Waals surface area contributed by atoms with Gasteiger partial charge in [-0.2, -0.15) is 0 Å². The Morgan fingerprint density at radius 1 is 0.974 bits per heavy atom. The van der Waals surface area contributed by atoms with Gasteiger partial charge in [0.05, 0.1) is 6.61 Å². The number of phenols is 1. The van der Waals surface area contributed by atoms with Crippen LogP contribution in [0.3, 0.4) is 0 Å². The SMILES string of the molecule is Cl.Oc1cc2c(c3c1=c1ccccc1=C(F)C=C3F)COC(c1ccc(OCCN3CCCCC3)cc1)C=2. The number of ether oxygens (including phenoxy) is 2. The van der Waals surface area contributed by atoms with Crippen LogP contribution in [0.5, 0.6) is 11.5 Å². The molecule has 4 nitrogen and oxygen atoms in total. The van der Waals surface area contributed by atoms with E-state index in [9.17, 15) is 9.50 Å². The smallest absolute Gasteiger partial charge is 0.134 e. The van der Waals surface area contributed by atoms with Gasteiger partial charge in [0.1, 0.15) is 35.9 Å². The van der Waals surface area contributed by atoms with Gasteiger partial charge in [-0.25, -0.2) is 8.78 Å². The summed E-state index contributed by atoms with van der Waals surface area (Å²) in [5, 5.41) is 12.6. The fraction of sp³-hybridized carbons (Fsp3) is 0.290. The van der Waals surface area contributed by atoms with Crippen molar-refractivity contribution in [2.75, 3.05) is 26.2 Å². The molecule has 0 amide bonds. The number of piperidine rings is 1. The van der Waals surface area contributed by atoms with Crippen molar-refractivity contribution in [2.24, 2.45) is 0 Å². The van der Waals surface area contributed by atoms with Gasteiger partial charge in [0, 0.05) is 28.6 Å². The Morgan fingerprint density at radius 2 is 1.71 bits per heavy atom. The second-order valence-corrected chi connectivity index (χ2v) is 9.82. The van der Waals surface area contributed by atoms with Gasteiger partial charge in [0.25, 0.3) is 0 Å². The Kier molecular flexibility index (Phi) is 7.84. The Balaban J connectivity index is 0.00000294. The van der Waals surface area contributed by atoms with Crippen molar-refractivity contribution in [1.82, 2.24) is 4.90 Å². The van der Waals surface area contributed by atoms with Crippen molar-refractivity contribution in [2.45, 2.75) is 32.0 Å². The van der Waals surface area contributed by atoms with Crippen LogP contribution in [-0.4, -0.2) is 36.2 Å². The monoisotopic (exact) mass is 537 g/mol. The van der Waals surface area contributed by atoms with E-state index in [0.29, 0.717) is 22.6 Å². The summed E-state index contributed by atoms with van der Waals surface area (Å²) in [4.78, 5) is 2.44. The molecule has 0 aromatic heterocycles. The first-order chi connectivity index (χ1) is 18.1. The Labute approximate surface area is 226 Å². The van der Waals surface area contributed by atoms with Gasteiger partial charge < -0.3 is 14.6 Å². The molecule has 6 rings (SSSR count). The van der Waals surface area contributed by atoms with E-state index in [1.165, 1.54) is 19.3 Å². The van der Waals surface area contributed by atoms with Crippen LogP contribution in [0.1, 0.15) is 42.1 Å². The molecule has 0 radical (unpaired) electrons. The lowest BCUT2D eigenvalue weighted by Crippen LogP contribution is -2.33. The number of likely N-dealkylation sites (tertiary alicyclic amines) is 1. The van der Waals surface area contributed by atoms with E-state index in [1.807, 2.05) is 30.3 Å². The Hall–Kier alpha value is -3.19. The molecule has 1 unspecified atom stereocenters. The summed E-state index contributed by atoms with van der Waals surface area (Å²) in [5.74, 6) is -0.676. The molecule has 0 bridgehead atoms. The average Bonchev–Trinajstić information content (AvgIpc) is 3.04. The van der Waals surface area contributed by atoms with E-state index in [-0.39, 0.29) is 46.9 Å². The van der Waals surface area contributed by atoms with Gasteiger partial charge in [-0.3, -0.25) is 4.90 Å². The highest BCUT2D eigenvalue weighted by Crippen LogP contribution is 2.33. The van der Waals surface area contributed by atoms with E-state index < -0.39 is 11.7 Å². The third-order valence-corrected chi connectivity index (χ3v) is 7.47. The normalized spacial score (nSPS) is 18.6. The molecule has 1 N–H and O–H groups in total. The minimum absolute atomic E-state index is 0. The van der Waals surface area contributed by atoms with Crippen LogP contribution in [0.25, 0.3) is 17.7 Å². The number of aromatic hydroxyl groups is 1. The van der Waals surface area contributed by atoms with Gasteiger partial charge in [-0.05, 0) is 71.8 Å². The third-order valence-electron chi connectivity index (χ3n) is 7.47. The molecular weight excluding hydrogens is 508 g/mol. The number of benzene rings is 3. The maximum absolute atomic E-state index is 15.3. The van der Waals surface area contributed by atoms with Crippen molar-refractivity contribution in [1.29, 1.82) is 0 Å². The summed E-state index contributed by atoms with van der Waals surface area (Å²) in [7, 11) is 0. The zero-order valence-electron chi connectivity index (χ0n) is 21.0. The lowest BCUT2D eigenvalue weighted by molar-refractivity contribution is 0.0756. The summed E-state index contributed by atoms with van der Waals surface area (Å²) < 4.78 is 42.1. The van der Waals surface area contributed by atoms with Crippen molar-refractivity contribution in [3.63, 3.8) is 0 Å². The number of allylic oxidation sites excluding steroid dienone is 1. The Morgan fingerprint density at radius 3 is 2.47 bits per heavy atom. The van der Waals surface area contributed by atoms with Crippen LogP contribution in [0.15, 0.2) is 60.7 Å². The van der Waals surface area contributed by atoms with Crippen LogP contribution in [0, 0.1) is 10.4 Å². The first kappa shape index (κ1) is 26.4. The lowest BCUT2D eigenvalue weighted by Gasteiger charge is -2.26. The number of rotatable bonds is 5. The molecule has 198 valence electrons. The largest absolute Gasteiger partial charge is 0.507 e. The van der Waals surface area contributed by atoms with Crippen molar-refractivity contribution in [3.8, 4) is 11.5 Å². The number of fused-ring (bicyclic) bond motifs is 4. The predicted octanol–water partition coefficient (Wildman–Crippen LogP) is 5.42. The summed E-state index contributed by atoms with van der Waals surface area (Å²) in [5.41, 5.74) is 1.71. The van der Waals surface area contributed by atoms with Crippen molar-refractivity contribution < 1.29 is 23.4 Å². The molecule has 2 heterocycles. The van der Waals surface area contributed by atoms with E-state index in [2.05, 4.69) is 4.90 Å². The summed E-state index contributed by atoms with van der Waals surface area (Å²) in [6.45, 7) is 4.03. The predicted molar refractivity (Wildman–Crippen MR) is 147 cm³/mol. The molecule has 7 heteroatoms. The Bertz CT molecular complexity index is 1580. The van der Waals surface area contributed by atoms with E-state index >= 15 is 4.39 Å². The first-order valence-electron chi connectivity index (χ1n) is 12.9. The van der Waals surface area contributed by atoms with Crippen molar-refractivity contribution in [3.05, 3.63) is 98.2 Å². The van der Waals surface area contributed by atoms with Crippen LogP contribution in [0.4, 0.5) is 8.78 Å². The van der Waals surface area contributed by atoms with E-state index in [0.717, 1.165) is 37.0 Å². The summed E-state index contributed by atoms with van der Waals surface area (Å²) in [6.07, 6.45) is 6.25. The highest BCUT2D eigenvalue weighted by atomic mass is 35.5. The fourth-order valence-corrected chi connectivity index (χ4v) is 5.55. The molecule has 2 aliphatic heterocycles. The van der Waals surface area contributed by atoms with Crippen LogP contribution in [0.2, 0.25) is 0 Å². The van der Waals surface area contributed by atoms with E-state index in [1.54, 1.807) is 30.3 Å². The lowest BCUT2D eigenvalue weighted by atomic mass is 9.95. The highest BCUT2D eigenvalue weighted by molar-refractivity contribution is 5.85. The second kappa shape index (κ2) is 11.3. The second-order valence-electron chi connectivity index (χ2n) is 9.82. The molecule has 1 atom stereocenters. The minimum atomic E-state index is -0.725. The summed E-state index contributed by atoms with van der Waals surface area (Å²) >= 11 is 0. The molecule has 1 fully saturated rings. The quantitative estimate of drug-likeness (QED) is 0.472. The molecule has 3 aromatic carbocycles. The standard InChI is InChI=1S/C31H29F2NO3.ClH/c32-26-18-27(33)30-25-19-37-29(17-21(25)16-28(35)31(30)24-7-3-2-6-23(24)26)20-8-10-22(11-9-20)36-15-14-34-12-4-1-5-13-34;/h2-3,6-11,16-18,29,35H,1,4-5,12-15,19H2;1H. The number of nitrogens with zero attached hydrogens (tertiary/aromatic N) is 1. The molecular formula is C31H30ClF2NO3.